The van der Waals surface area contributed by atoms with Crippen LogP contribution in [0.1, 0.15) is 32.3 Å². The molecule has 1 aromatic carbocycles. The van der Waals surface area contributed by atoms with E-state index in [1.54, 1.807) is 0 Å². The van der Waals surface area contributed by atoms with Crippen molar-refractivity contribution in [3.8, 4) is 0 Å². The lowest BCUT2D eigenvalue weighted by atomic mass is 9.83. The average molecular weight is 300 g/mol. The Morgan fingerprint density at radius 2 is 1.90 bits per heavy atom. The number of nitrogens with two attached hydrogens (primary N) is 1. The predicted molar refractivity (Wildman–Crippen MR) is 76.1 cm³/mol. The molecule has 1 saturated heterocycles. The third-order valence-electron chi connectivity index (χ3n) is 3.97. The number of rotatable bonds is 3. The molecule has 0 spiro atoms. The molecule has 1 aromatic rings. The molecule has 2 rings (SSSR count). The van der Waals surface area contributed by atoms with Crippen LogP contribution < -0.4 is 5.73 Å². The van der Waals surface area contributed by atoms with Crippen molar-refractivity contribution < 1.29 is 12.8 Å². The van der Waals surface area contributed by atoms with Gasteiger partial charge >= 0.3 is 0 Å². The maximum absolute atomic E-state index is 13.7. The van der Waals surface area contributed by atoms with E-state index in [2.05, 4.69) is 13.8 Å². The molecular formula is C14H21FN2O2S. The van der Waals surface area contributed by atoms with E-state index in [1.165, 1.54) is 22.5 Å². The Morgan fingerprint density at radius 3 is 2.45 bits per heavy atom. The lowest BCUT2D eigenvalue weighted by molar-refractivity contribution is 0.195. The third-order valence-corrected chi connectivity index (χ3v) is 5.96. The molecule has 0 bridgehead atoms. The van der Waals surface area contributed by atoms with Crippen molar-refractivity contribution >= 4 is 10.0 Å². The molecule has 0 saturated carbocycles. The number of nitrogens with zero attached hydrogens (tertiary/aromatic N) is 1. The minimum absolute atomic E-state index is 0.000272. The van der Waals surface area contributed by atoms with E-state index in [9.17, 15) is 12.8 Å². The van der Waals surface area contributed by atoms with E-state index in [0.717, 1.165) is 12.8 Å². The maximum atomic E-state index is 13.7. The molecule has 0 atom stereocenters. The van der Waals surface area contributed by atoms with Gasteiger partial charge in [0.05, 0.1) is 4.90 Å². The first kappa shape index (κ1) is 15.4. The van der Waals surface area contributed by atoms with Crippen molar-refractivity contribution in [3.63, 3.8) is 0 Å². The van der Waals surface area contributed by atoms with Crippen molar-refractivity contribution in [3.05, 3.63) is 29.6 Å². The van der Waals surface area contributed by atoms with Crippen LogP contribution in [0.5, 0.6) is 0 Å². The highest BCUT2D eigenvalue weighted by atomic mass is 32.2. The number of sulfonamides is 1. The Morgan fingerprint density at radius 1 is 1.30 bits per heavy atom. The van der Waals surface area contributed by atoms with E-state index in [1.807, 2.05) is 0 Å². The standard InChI is InChI=1S/C14H21FN2O2S/c1-14(2)6-8-17(9-7-14)20(18,19)13-5-3-4-12(15)11(13)10-16/h3-5H,6-10,16H2,1-2H3. The summed E-state index contributed by atoms with van der Waals surface area (Å²) in [5.74, 6) is -0.564. The minimum Gasteiger partial charge on any atom is -0.326 e. The van der Waals surface area contributed by atoms with Crippen LogP contribution in [0.3, 0.4) is 0 Å². The van der Waals surface area contributed by atoms with Crippen LogP contribution in [0.4, 0.5) is 4.39 Å². The molecule has 1 heterocycles. The average Bonchev–Trinajstić information content (AvgIpc) is 2.38. The van der Waals surface area contributed by atoms with Gasteiger partial charge in [0.15, 0.2) is 0 Å². The quantitative estimate of drug-likeness (QED) is 0.929. The van der Waals surface area contributed by atoms with Crippen LogP contribution in [0.2, 0.25) is 0 Å². The number of halogens is 1. The molecule has 2 N–H and O–H groups in total. The minimum atomic E-state index is -3.66. The highest BCUT2D eigenvalue weighted by molar-refractivity contribution is 7.89. The zero-order valence-corrected chi connectivity index (χ0v) is 12.7. The van der Waals surface area contributed by atoms with Crippen molar-refractivity contribution in [2.45, 2.75) is 38.1 Å². The summed E-state index contributed by atoms with van der Waals surface area (Å²) in [7, 11) is -3.66. The summed E-state index contributed by atoms with van der Waals surface area (Å²) < 4.78 is 40.4. The molecule has 0 radical (unpaired) electrons. The van der Waals surface area contributed by atoms with Gasteiger partial charge in [-0.05, 0) is 30.4 Å². The topological polar surface area (TPSA) is 63.4 Å². The molecule has 4 nitrogen and oxygen atoms in total. The van der Waals surface area contributed by atoms with Crippen LogP contribution in [0.25, 0.3) is 0 Å². The zero-order chi connectivity index (χ0) is 15.0. The zero-order valence-electron chi connectivity index (χ0n) is 11.9. The van der Waals surface area contributed by atoms with E-state index >= 15 is 0 Å². The number of hydrogen-bond acceptors (Lipinski definition) is 3. The van der Waals surface area contributed by atoms with E-state index < -0.39 is 15.8 Å². The Labute approximate surface area is 119 Å². The lowest BCUT2D eigenvalue weighted by Gasteiger charge is -2.36. The molecule has 6 heteroatoms. The molecular weight excluding hydrogens is 279 g/mol. The van der Waals surface area contributed by atoms with Crippen LogP contribution in [0.15, 0.2) is 23.1 Å². The molecule has 1 aliphatic heterocycles. The first-order valence-electron chi connectivity index (χ1n) is 6.75. The second-order valence-electron chi connectivity index (χ2n) is 5.99. The summed E-state index contributed by atoms with van der Waals surface area (Å²) in [6.45, 7) is 5.07. The molecule has 20 heavy (non-hydrogen) atoms. The molecule has 0 amide bonds. The van der Waals surface area contributed by atoms with Gasteiger partial charge in [0, 0.05) is 25.2 Å². The summed E-state index contributed by atoms with van der Waals surface area (Å²) in [5, 5.41) is 0. The Bertz CT molecular complexity index is 589. The van der Waals surface area contributed by atoms with Gasteiger partial charge in [-0.2, -0.15) is 4.31 Å². The number of piperidine rings is 1. The first-order valence-corrected chi connectivity index (χ1v) is 8.19. The largest absolute Gasteiger partial charge is 0.326 e. The van der Waals surface area contributed by atoms with E-state index in [-0.39, 0.29) is 22.4 Å². The monoisotopic (exact) mass is 300 g/mol. The van der Waals surface area contributed by atoms with Crippen molar-refractivity contribution in [2.75, 3.05) is 13.1 Å². The molecule has 0 aromatic heterocycles. The van der Waals surface area contributed by atoms with Crippen LogP contribution >= 0.6 is 0 Å². The molecule has 1 aliphatic rings. The van der Waals surface area contributed by atoms with Gasteiger partial charge in [-0.15, -0.1) is 0 Å². The molecule has 0 aliphatic carbocycles. The van der Waals surface area contributed by atoms with E-state index in [0.29, 0.717) is 13.1 Å². The fourth-order valence-electron chi connectivity index (χ4n) is 2.45. The summed E-state index contributed by atoms with van der Waals surface area (Å²) in [4.78, 5) is -0.000272. The number of benzene rings is 1. The summed E-state index contributed by atoms with van der Waals surface area (Å²) in [6, 6.07) is 4.08. The second kappa shape index (κ2) is 5.42. The van der Waals surface area contributed by atoms with Crippen LogP contribution in [-0.4, -0.2) is 25.8 Å². The van der Waals surface area contributed by atoms with Gasteiger partial charge < -0.3 is 5.73 Å². The lowest BCUT2D eigenvalue weighted by Crippen LogP contribution is -2.41. The SMILES string of the molecule is CC1(C)CCN(S(=O)(=O)c2cccc(F)c2CN)CC1. The summed E-state index contributed by atoms with van der Waals surface area (Å²) in [6.07, 6.45) is 1.61. The first-order chi connectivity index (χ1) is 9.28. The Balaban J connectivity index is 2.35. The van der Waals surface area contributed by atoms with Gasteiger partial charge in [0.2, 0.25) is 10.0 Å². The van der Waals surface area contributed by atoms with Crippen molar-refractivity contribution in [1.29, 1.82) is 0 Å². The van der Waals surface area contributed by atoms with Crippen LogP contribution in [0, 0.1) is 11.2 Å². The van der Waals surface area contributed by atoms with Gasteiger partial charge in [-0.25, -0.2) is 12.8 Å². The smallest absolute Gasteiger partial charge is 0.243 e. The van der Waals surface area contributed by atoms with Crippen molar-refractivity contribution in [2.24, 2.45) is 11.1 Å². The Hall–Kier alpha value is -0.980. The number of hydrogen-bond donors (Lipinski definition) is 1. The van der Waals surface area contributed by atoms with E-state index in [4.69, 9.17) is 5.73 Å². The fraction of sp³-hybridized carbons (Fsp3) is 0.571. The maximum Gasteiger partial charge on any atom is 0.243 e. The molecule has 112 valence electrons. The fourth-order valence-corrected chi connectivity index (χ4v) is 4.13. The summed E-state index contributed by atoms with van der Waals surface area (Å²) in [5.41, 5.74) is 5.72. The van der Waals surface area contributed by atoms with Crippen LogP contribution in [-0.2, 0) is 16.6 Å². The molecule has 1 fully saturated rings. The van der Waals surface area contributed by atoms with Gasteiger partial charge in [0.1, 0.15) is 5.82 Å². The van der Waals surface area contributed by atoms with Gasteiger partial charge in [-0.3, -0.25) is 0 Å². The van der Waals surface area contributed by atoms with Gasteiger partial charge in [0.25, 0.3) is 0 Å². The summed E-state index contributed by atoms with van der Waals surface area (Å²) >= 11 is 0. The predicted octanol–water partition coefficient (Wildman–Crippen LogP) is 2.10. The Kier molecular flexibility index (Phi) is 4.18. The third kappa shape index (κ3) is 2.87. The van der Waals surface area contributed by atoms with Gasteiger partial charge in [-0.1, -0.05) is 19.9 Å². The highest BCUT2D eigenvalue weighted by Crippen LogP contribution is 2.33. The molecule has 0 unspecified atom stereocenters. The highest BCUT2D eigenvalue weighted by Gasteiger charge is 2.34. The second-order valence-corrected chi connectivity index (χ2v) is 7.90. The van der Waals surface area contributed by atoms with Crippen molar-refractivity contribution in [1.82, 2.24) is 4.31 Å². The normalized spacial score (nSPS) is 20.0.